The van der Waals surface area contributed by atoms with Gasteiger partial charge >= 0.3 is 0 Å². The molecule has 0 radical (unpaired) electrons. The van der Waals surface area contributed by atoms with Crippen LogP contribution in [0.25, 0.3) is 0 Å². The maximum Gasteiger partial charge on any atom is 0.267 e. The van der Waals surface area contributed by atoms with Gasteiger partial charge in [0.2, 0.25) is 0 Å². The number of halogens is 4. The second kappa shape index (κ2) is 8.12. The van der Waals surface area contributed by atoms with E-state index in [0.29, 0.717) is 29.1 Å². The Morgan fingerprint density at radius 3 is 1.80 bits per heavy atom. The van der Waals surface area contributed by atoms with Crippen molar-refractivity contribution < 1.29 is 9.59 Å². The zero-order valence-corrected chi connectivity index (χ0v) is 19.4. The SMILES string of the molecule is CC.N#Cc1cccc(N2C(=O)c3c(Br)c(Br)c(Br)c(Br)c3C2=O)c1. The molecule has 0 unspecified atom stereocenters. The molecule has 0 aliphatic carbocycles. The summed E-state index contributed by atoms with van der Waals surface area (Å²) in [6, 6.07) is 8.37. The van der Waals surface area contributed by atoms with E-state index >= 15 is 0 Å². The highest BCUT2D eigenvalue weighted by Gasteiger charge is 2.41. The molecule has 0 aromatic heterocycles. The Kier molecular flexibility index (Phi) is 6.60. The number of rotatable bonds is 1. The first-order valence-corrected chi connectivity index (χ1v) is 10.3. The molecule has 0 saturated heterocycles. The molecule has 4 nitrogen and oxygen atoms in total. The van der Waals surface area contributed by atoms with Crippen molar-refractivity contribution in [2.75, 3.05) is 4.90 Å². The maximum absolute atomic E-state index is 12.8. The van der Waals surface area contributed by atoms with Crippen LogP contribution >= 0.6 is 63.7 Å². The lowest BCUT2D eigenvalue weighted by Gasteiger charge is -2.13. The van der Waals surface area contributed by atoms with Gasteiger partial charge in [-0.25, -0.2) is 4.90 Å². The molecule has 0 N–H and O–H groups in total. The lowest BCUT2D eigenvalue weighted by atomic mass is 10.1. The summed E-state index contributed by atoms with van der Waals surface area (Å²) in [6.07, 6.45) is 0. The van der Waals surface area contributed by atoms with E-state index in [-0.39, 0.29) is 11.1 Å². The van der Waals surface area contributed by atoms with Gasteiger partial charge in [0.15, 0.2) is 0 Å². The molecular weight excluding hydrogens is 584 g/mol. The molecule has 2 aromatic rings. The molecule has 1 aliphatic heterocycles. The van der Waals surface area contributed by atoms with Crippen LogP contribution in [0.5, 0.6) is 0 Å². The molecule has 1 heterocycles. The zero-order valence-electron chi connectivity index (χ0n) is 13.0. The number of amides is 2. The summed E-state index contributed by atoms with van der Waals surface area (Å²) in [6.45, 7) is 4.00. The van der Waals surface area contributed by atoms with E-state index in [1.807, 2.05) is 19.9 Å². The molecule has 0 fully saturated rings. The van der Waals surface area contributed by atoms with Crippen LogP contribution in [-0.4, -0.2) is 11.8 Å². The average Bonchev–Trinajstić information content (AvgIpc) is 2.90. The molecule has 0 saturated carbocycles. The molecule has 2 amide bonds. The summed E-state index contributed by atoms with van der Waals surface area (Å²) in [7, 11) is 0. The first kappa shape index (κ1) is 20.3. The summed E-state index contributed by atoms with van der Waals surface area (Å²) < 4.78 is 2.27. The Bertz CT molecular complexity index is 888. The van der Waals surface area contributed by atoms with Crippen molar-refractivity contribution in [3.63, 3.8) is 0 Å². The van der Waals surface area contributed by atoms with Crippen molar-refractivity contribution in [2.45, 2.75) is 13.8 Å². The highest BCUT2D eigenvalue weighted by Crippen LogP contribution is 2.46. The highest BCUT2D eigenvalue weighted by molar-refractivity contribution is 9.15. The zero-order chi connectivity index (χ0) is 18.9. The van der Waals surface area contributed by atoms with Gasteiger partial charge in [0.25, 0.3) is 11.8 Å². The number of carbonyl (C=O) groups excluding carboxylic acids is 2. The summed E-state index contributed by atoms with van der Waals surface area (Å²) in [4.78, 5) is 26.6. The maximum atomic E-state index is 12.8. The average molecular weight is 594 g/mol. The molecule has 0 atom stereocenters. The number of nitriles is 1. The second-order valence-corrected chi connectivity index (χ2v) is 7.79. The number of anilines is 1. The Balaban J connectivity index is 0.00000109. The van der Waals surface area contributed by atoms with Crippen LogP contribution < -0.4 is 4.90 Å². The van der Waals surface area contributed by atoms with Crippen LogP contribution in [0.2, 0.25) is 0 Å². The molecule has 25 heavy (non-hydrogen) atoms. The van der Waals surface area contributed by atoms with Gasteiger partial charge in [-0.2, -0.15) is 5.26 Å². The van der Waals surface area contributed by atoms with Crippen LogP contribution in [-0.2, 0) is 0 Å². The lowest BCUT2D eigenvalue weighted by Crippen LogP contribution is -2.29. The van der Waals surface area contributed by atoms with E-state index < -0.39 is 11.8 Å². The van der Waals surface area contributed by atoms with E-state index in [9.17, 15) is 9.59 Å². The van der Waals surface area contributed by atoms with E-state index in [1.54, 1.807) is 18.2 Å². The third-order valence-electron chi connectivity index (χ3n) is 3.33. The smallest absolute Gasteiger partial charge is 0.267 e. The molecular formula is C17H10Br4N2O2. The van der Waals surface area contributed by atoms with Gasteiger partial charge in [-0.3, -0.25) is 9.59 Å². The normalized spacial score (nSPS) is 12.4. The fourth-order valence-corrected chi connectivity index (χ4v) is 4.76. The Hall–Kier alpha value is -1.01. The standard InChI is InChI=1S/C15H4Br4N2O2.C2H6/c16-10-8-9(11(17)13(19)12(10)18)15(23)21(14(8)22)7-3-1-2-6(4-7)5-20;1-2/h1-4H;1-2H3. The van der Waals surface area contributed by atoms with Gasteiger partial charge in [-0.15, -0.1) is 0 Å². The largest absolute Gasteiger partial charge is 0.268 e. The van der Waals surface area contributed by atoms with Crippen molar-refractivity contribution in [1.29, 1.82) is 5.26 Å². The van der Waals surface area contributed by atoms with Gasteiger partial charge in [0.1, 0.15) is 0 Å². The van der Waals surface area contributed by atoms with Gasteiger partial charge in [0.05, 0.1) is 28.4 Å². The third-order valence-corrected chi connectivity index (χ3v) is 8.10. The Morgan fingerprint density at radius 1 is 0.880 bits per heavy atom. The quantitative estimate of drug-likeness (QED) is 0.217. The van der Waals surface area contributed by atoms with Crippen molar-refractivity contribution in [1.82, 2.24) is 0 Å². The highest BCUT2D eigenvalue weighted by atomic mass is 79.9. The minimum atomic E-state index is -0.444. The van der Waals surface area contributed by atoms with Gasteiger partial charge in [0, 0.05) is 17.9 Å². The van der Waals surface area contributed by atoms with Crippen LogP contribution in [0.3, 0.4) is 0 Å². The summed E-state index contributed by atoms with van der Waals surface area (Å²) in [5.74, 6) is -0.887. The molecule has 128 valence electrons. The third kappa shape index (κ3) is 3.35. The fraction of sp³-hybridized carbons (Fsp3) is 0.118. The number of nitrogens with zero attached hydrogens (tertiary/aromatic N) is 2. The topological polar surface area (TPSA) is 61.2 Å². The fourth-order valence-electron chi connectivity index (χ4n) is 2.30. The van der Waals surface area contributed by atoms with E-state index in [0.717, 1.165) is 4.90 Å². The van der Waals surface area contributed by atoms with Crippen molar-refractivity contribution in [3.05, 3.63) is 58.8 Å². The molecule has 1 aliphatic rings. The lowest BCUT2D eigenvalue weighted by molar-refractivity contribution is 0.0925. The van der Waals surface area contributed by atoms with Gasteiger partial charge in [-0.05, 0) is 81.9 Å². The predicted molar refractivity (Wildman–Crippen MR) is 111 cm³/mol. The number of fused-ring (bicyclic) bond motifs is 1. The second-order valence-electron chi connectivity index (χ2n) is 4.61. The van der Waals surface area contributed by atoms with Gasteiger partial charge < -0.3 is 0 Å². The van der Waals surface area contributed by atoms with E-state index in [1.165, 1.54) is 6.07 Å². The predicted octanol–water partition coefficient (Wildman–Crippen LogP) is 6.44. The Morgan fingerprint density at radius 2 is 1.36 bits per heavy atom. The van der Waals surface area contributed by atoms with Crippen LogP contribution in [0, 0.1) is 11.3 Å². The molecule has 8 heteroatoms. The number of benzene rings is 2. The minimum Gasteiger partial charge on any atom is -0.268 e. The molecule has 3 rings (SSSR count). The van der Waals surface area contributed by atoms with Crippen LogP contribution in [0.4, 0.5) is 5.69 Å². The van der Waals surface area contributed by atoms with E-state index in [2.05, 4.69) is 63.7 Å². The first-order valence-electron chi connectivity index (χ1n) is 7.13. The van der Waals surface area contributed by atoms with Crippen molar-refractivity contribution >= 4 is 81.2 Å². The number of hydrogen-bond acceptors (Lipinski definition) is 3. The number of carbonyl (C=O) groups is 2. The number of imide groups is 1. The minimum absolute atomic E-state index is 0.277. The molecule has 2 aromatic carbocycles. The summed E-state index contributed by atoms with van der Waals surface area (Å²) in [5, 5.41) is 9.01. The monoisotopic (exact) mass is 590 g/mol. The van der Waals surface area contributed by atoms with Crippen LogP contribution in [0.1, 0.15) is 40.1 Å². The van der Waals surface area contributed by atoms with Crippen LogP contribution in [0.15, 0.2) is 42.2 Å². The first-order chi connectivity index (χ1) is 11.9. The van der Waals surface area contributed by atoms with Crippen molar-refractivity contribution in [2.24, 2.45) is 0 Å². The Labute approximate surface area is 178 Å². The van der Waals surface area contributed by atoms with E-state index in [4.69, 9.17) is 5.26 Å². The molecule has 0 bridgehead atoms. The number of hydrogen-bond donors (Lipinski definition) is 0. The summed E-state index contributed by atoms with van der Waals surface area (Å²) in [5.41, 5.74) is 1.29. The summed E-state index contributed by atoms with van der Waals surface area (Å²) >= 11 is 13.5. The van der Waals surface area contributed by atoms with Gasteiger partial charge in [-0.1, -0.05) is 19.9 Å². The molecule has 0 spiro atoms. The van der Waals surface area contributed by atoms with Crippen molar-refractivity contribution in [3.8, 4) is 6.07 Å².